The van der Waals surface area contributed by atoms with Crippen molar-refractivity contribution >= 4 is 22.4 Å². The second-order valence-corrected chi connectivity index (χ2v) is 8.04. The van der Waals surface area contributed by atoms with Gasteiger partial charge in [-0.15, -0.1) is 5.10 Å². The molecular formula is C24H25N3O6S. The number of hydrogen-bond acceptors (Lipinski definition) is 9. The van der Waals surface area contributed by atoms with E-state index in [1.54, 1.807) is 18.2 Å². The Balaban J connectivity index is 1.75. The predicted octanol–water partition coefficient (Wildman–Crippen LogP) is 3.19. The van der Waals surface area contributed by atoms with Crippen molar-refractivity contribution in [3.63, 3.8) is 0 Å². The lowest BCUT2D eigenvalue weighted by molar-refractivity contribution is 0.287. The van der Waals surface area contributed by atoms with E-state index in [9.17, 15) is 4.79 Å². The van der Waals surface area contributed by atoms with E-state index in [0.717, 1.165) is 5.56 Å². The van der Waals surface area contributed by atoms with Crippen LogP contribution in [0.4, 0.5) is 0 Å². The Bertz CT molecular complexity index is 1400. The van der Waals surface area contributed by atoms with Crippen LogP contribution in [-0.2, 0) is 0 Å². The molecule has 0 saturated heterocycles. The molecule has 0 atom stereocenters. The van der Waals surface area contributed by atoms with E-state index in [2.05, 4.69) is 10.1 Å². The van der Waals surface area contributed by atoms with Crippen LogP contribution < -0.4 is 33.8 Å². The highest BCUT2D eigenvalue weighted by Gasteiger charge is 2.18. The van der Waals surface area contributed by atoms with Crippen molar-refractivity contribution in [2.24, 2.45) is 0 Å². The number of aromatic nitrogens is 3. The van der Waals surface area contributed by atoms with Gasteiger partial charge in [0.05, 0.1) is 39.1 Å². The average Bonchev–Trinajstić information content (AvgIpc) is 3.39. The molecule has 10 heteroatoms. The molecule has 4 rings (SSSR count). The quantitative estimate of drug-likeness (QED) is 0.358. The summed E-state index contributed by atoms with van der Waals surface area (Å²) in [5.74, 6) is 3.11. The van der Waals surface area contributed by atoms with Gasteiger partial charge in [-0.1, -0.05) is 17.4 Å². The molecule has 0 aliphatic heterocycles. The highest BCUT2D eigenvalue weighted by Crippen LogP contribution is 2.40. The first-order chi connectivity index (χ1) is 16.5. The van der Waals surface area contributed by atoms with Crippen LogP contribution in [0.2, 0.25) is 0 Å². The first-order valence-electron chi connectivity index (χ1n) is 10.6. The third-order valence-electron chi connectivity index (χ3n) is 4.97. The topological polar surface area (TPSA) is 93.4 Å². The highest BCUT2D eigenvalue weighted by molar-refractivity contribution is 7.15. The van der Waals surface area contributed by atoms with E-state index in [4.69, 9.17) is 23.7 Å². The summed E-state index contributed by atoms with van der Waals surface area (Å²) in [6.45, 7) is 4.88. The Morgan fingerprint density at radius 1 is 0.912 bits per heavy atom. The van der Waals surface area contributed by atoms with Gasteiger partial charge in [0.1, 0.15) is 0 Å². The molecule has 2 aromatic heterocycles. The van der Waals surface area contributed by atoms with E-state index in [1.165, 1.54) is 37.2 Å². The van der Waals surface area contributed by atoms with Gasteiger partial charge >= 0.3 is 0 Å². The number of ether oxygens (including phenoxy) is 5. The summed E-state index contributed by atoms with van der Waals surface area (Å²) in [6, 6.07) is 9.06. The molecular weight excluding hydrogens is 458 g/mol. The van der Waals surface area contributed by atoms with E-state index in [1.807, 2.05) is 32.0 Å². The van der Waals surface area contributed by atoms with Gasteiger partial charge in [-0.3, -0.25) is 4.79 Å². The van der Waals surface area contributed by atoms with Crippen LogP contribution >= 0.6 is 11.3 Å². The molecule has 0 saturated carbocycles. The minimum absolute atomic E-state index is 0.252. The monoisotopic (exact) mass is 483 g/mol. The normalized spacial score (nSPS) is 11.6. The van der Waals surface area contributed by atoms with Crippen molar-refractivity contribution in [1.29, 1.82) is 0 Å². The molecule has 0 N–H and O–H groups in total. The summed E-state index contributed by atoms with van der Waals surface area (Å²) < 4.78 is 29.3. The molecule has 2 aromatic carbocycles. The molecule has 0 aliphatic rings. The van der Waals surface area contributed by atoms with Gasteiger partial charge in [0, 0.05) is 5.56 Å². The van der Waals surface area contributed by atoms with Crippen molar-refractivity contribution in [3.8, 4) is 40.1 Å². The van der Waals surface area contributed by atoms with Crippen molar-refractivity contribution in [3.05, 3.63) is 50.8 Å². The maximum Gasteiger partial charge on any atom is 0.291 e. The highest BCUT2D eigenvalue weighted by atomic mass is 32.1. The number of fused-ring (bicyclic) bond motifs is 1. The third-order valence-corrected chi connectivity index (χ3v) is 5.93. The van der Waals surface area contributed by atoms with Gasteiger partial charge in [0.25, 0.3) is 5.56 Å². The van der Waals surface area contributed by atoms with E-state index < -0.39 is 0 Å². The van der Waals surface area contributed by atoms with Crippen LogP contribution in [-0.4, -0.2) is 49.1 Å². The Kier molecular flexibility index (Phi) is 6.87. The largest absolute Gasteiger partial charge is 0.493 e. The summed E-state index contributed by atoms with van der Waals surface area (Å²) >= 11 is 1.26. The lowest BCUT2D eigenvalue weighted by Crippen LogP contribution is -2.23. The molecule has 0 fully saturated rings. The van der Waals surface area contributed by atoms with Gasteiger partial charge in [-0.25, -0.2) is 0 Å². The standard InChI is InChI=1S/C24H25N3O6S/c1-6-32-16-9-8-14(10-17(16)33-7-2)11-20-23(28)27-24(34-20)25-22(26-27)15-12-18(29-3)21(31-5)19(13-15)30-4/h8-13H,6-7H2,1-5H3/b20-11+. The van der Waals surface area contributed by atoms with E-state index >= 15 is 0 Å². The predicted molar refractivity (Wildman–Crippen MR) is 130 cm³/mol. The summed E-state index contributed by atoms with van der Waals surface area (Å²) in [7, 11) is 4.61. The van der Waals surface area contributed by atoms with Crippen molar-refractivity contribution < 1.29 is 23.7 Å². The molecule has 34 heavy (non-hydrogen) atoms. The zero-order valence-electron chi connectivity index (χ0n) is 19.6. The van der Waals surface area contributed by atoms with Gasteiger partial charge in [-0.05, 0) is 49.8 Å². The Morgan fingerprint density at radius 2 is 1.59 bits per heavy atom. The van der Waals surface area contributed by atoms with Crippen LogP contribution in [0.5, 0.6) is 28.7 Å². The number of benzene rings is 2. The molecule has 2 heterocycles. The third kappa shape index (κ3) is 4.36. The van der Waals surface area contributed by atoms with Crippen molar-refractivity contribution in [2.75, 3.05) is 34.5 Å². The maximum absolute atomic E-state index is 13.0. The number of hydrogen-bond donors (Lipinski definition) is 0. The molecule has 4 aromatic rings. The molecule has 0 radical (unpaired) electrons. The molecule has 178 valence electrons. The summed E-state index contributed by atoms with van der Waals surface area (Å²) in [5, 5.41) is 4.42. The molecule has 9 nitrogen and oxygen atoms in total. The second kappa shape index (κ2) is 10.0. The fraction of sp³-hybridized carbons (Fsp3) is 0.292. The minimum atomic E-state index is -0.252. The minimum Gasteiger partial charge on any atom is -0.493 e. The Labute approximate surface area is 200 Å². The van der Waals surface area contributed by atoms with E-state index in [-0.39, 0.29) is 5.56 Å². The van der Waals surface area contributed by atoms with Crippen LogP contribution in [0.25, 0.3) is 22.4 Å². The fourth-order valence-corrected chi connectivity index (χ4v) is 4.38. The number of thiazole rings is 1. The number of methoxy groups -OCH3 is 3. The summed E-state index contributed by atoms with van der Waals surface area (Å²) in [6.07, 6.45) is 1.79. The zero-order valence-corrected chi connectivity index (χ0v) is 20.4. The van der Waals surface area contributed by atoms with Gasteiger partial charge in [0.2, 0.25) is 10.7 Å². The maximum atomic E-state index is 13.0. The average molecular weight is 484 g/mol. The van der Waals surface area contributed by atoms with Crippen LogP contribution in [0.3, 0.4) is 0 Å². The molecule has 0 aliphatic carbocycles. The van der Waals surface area contributed by atoms with Crippen molar-refractivity contribution in [1.82, 2.24) is 14.6 Å². The SMILES string of the molecule is CCOc1ccc(/C=c2/sc3nc(-c4cc(OC)c(OC)c(OC)c4)nn3c2=O)cc1OCC. The molecule has 0 unspecified atom stereocenters. The lowest BCUT2D eigenvalue weighted by Gasteiger charge is -2.12. The summed E-state index contributed by atoms with van der Waals surface area (Å²) in [4.78, 5) is 18.1. The van der Waals surface area contributed by atoms with E-state index in [0.29, 0.717) is 62.8 Å². The lowest BCUT2D eigenvalue weighted by atomic mass is 10.1. The van der Waals surface area contributed by atoms with Crippen LogP contribution in [0, 0.1) is 0 Å². The molecule has 0 amide bonds. The fourth-order valence-electron chi connectivity index (χ4n) is 3.48. The first-order valence-corrected chi connectivity index (χ1v) is 11.5. The molecule has 0 bridgehead atoms. The van der Waals surface area contributed by atoms with Gasteiger partial charge in [0.15, 0.2) is 28.8 Å². The van der Waals surface area contributed by atoms with Gasteiger partial charge < -0.3 is 23.7 Å². The van der Waals surface area contributed by atoms with Gasteiger partial charge in [-0.2, -0.15) is 9.50 Å². The number of rotatable bonds is 9. The molecule has 0 spiro atoms. The summed E-state index contributed by atoms with van der Waals surface area (Å²) in [5.41, 5.74) is 1.21. The number of nitrogens with zero attached hydrogens (tertiary/aromatic N) is 3. The van der Waals surface area contributed by atoms with Crippen LogP contribution in [0.1, 0.15) is 19.4 Å². The first kappa shape index (κ1) is 23.4. The zero-order chi connectivity index (χ0) is 24.2. The Hall–Kier alpha value is -3.79. The van der Waals surface area contributed by atoms with Crippen molar-refractivity contribution in [2.45, 2.75) is 13.8 Å². The second-order valence-electron chi connectivity index (χ2n) is 7.03. The Morgan fingerprint density at radius 3 is 2.18 bits per heavy atom. The smallest absolute Gasteiger partial charge is 0.291 e. The van der Waals surface area contributed by atoms with Crippen LogP contribution in [0.15, 0.2) is 35.1 Å².